The quantitative estimate of drug-likeness (QED) is 0.772. The SMILES string of the molecule is CCN(CC(=O)Nc1c(F)cccc1F)C(=O)C(C)Oc1cccc(Cl)c1. The molecular formula is C19H19ClF2N2O3. The maximum Gasteiger partial charge on any atom is 0.263 e. The molecule has 2 amide bonds. The number of anilines is 1. The number of hydrogen-bond acceptors (Lipinski definition) is 3. The van der Waals surface area contributed by atoms with Crippen LogP contribution in [-0.4, -0.2) is 35.9 Å². The fourth-order valence-corrected chi connectivity index (χ4v) is 2.55. The lowest BCUT2D eigenvalue weighted by Gasteiger charge is -2.24. The van der Waals surface area contributed by atoms with Gasteiger partial charge in [0.15, 0.2) is 6.10 Å². The highest BCUT2D eigenvalue weighted by Gasteiger charge is 2.24. The van der Waals surface area contributed by atoms with Crippen molar-refractivity contribution in [1.29, 1.82) is 0 Å². The van der Waals surface area contributed by atoms with Gasteiger partial charge in [0.25, 0.3) is 5.91 Å². The summed E-state index contributed by atoms with van der Waals surface area (Å²) in [5.41, 5.74) is -0.547. The number of nitrogens with zero attached hydrogens (tertiary/aromatic N) is 1. The Balaban J connectivity index is 2.00. The second-order valence-corrected chi connectivity index (χ2v) is 6.15. The van der Waals surface area contributed by atoms with Crippen molar-refractivity contribution in [2.75, 3.05) is 18.4 Å². The molecule has 0 saturated heterocycles. The zero-order chi connectivity index (χ0) is 20.0. The van der Waals surface area contributed by atoms with Gasteiger partial charge in [-0.25, -0.2) is 8.78 Å². The van der Waals surface area contributed by atoms with Gasteiger partial charge in [-0.2, -0.15) is 0 Å². The van der Waals surface area contributed by atoms with Crippen molar-refractivity contribution in [2.24, 2.45) is 0 Å². The first-order valence-electron chi connectivity index (χ1n) is 8.26. The van der Waals surface area contributed by atoms with Gasteiger partial charge in [0.05, 0.1) is 6.54 Å². The Kier molecular flexibility index (Phi) is 7.12. The average Bonchev–Trinajstić information content (AvgIpc) is 2.62. The molecule has 0 aromatic heterocycles. The predicted octanol–water partition coefficient (Wildman–Crippen LogP) is 3.87. The summed E-state index contributed by atoms with van der Waals surface area (Å²) in [5, 5.41) is 2.62. The number of amides is 2. The van der Waals surface area contributed by atoms with Gasteiger partial charge in [-0.05, 0) is 44.2 Å². The van der Waals surface area contributed by atoms with Gasteiger partial charge < -0.3 is 15.0 Å². The Morgan fingerprint density at radius 3 is 2.41 bits per heavy atom. The second kappa shape index (κ2) is 9.32. The van der Waals surface area contributed by atoms with Crippen LogP contribution in [0.2, 0.25) is 5.02 Å². The number of rotatable bonds is 7. The number of benzene rings is 2. The third kappa shape index (κ3) is 5.65. The number of likely N-dealkylation sites (N-methyl/N-ethyl adjacent to an activating group) is 1. The molecule has 1 atom stereocenters. The van der Waals surface area contributed by atoms with Crippen molar-refractivity contribution in [3.63, 3.8) is 0 Å². The first-order chi connectivity index (χ1) is 12.8. The van der Waals surface area contributed by atoms with Crippen LogP contribution in [0.4, 0.5) is 14.5 Å². The highest BCUT2D eigenvalue weighted by atomic mass is 35.5. The topological polar surface area (TPSA) is 58.6 Å². The van der Waals surface area contributed by atoms with Crippen LogP contribution >= 0.6 is 11.6 Å². The molecule has 0 saturated carbocycles. The van der Waals surface area contributed by atoms with Crippen molar-refractivity contribution >= 4 is 29.1 Å². The Morgan fingerprint density at radius 1 is 1.19 bits per heavy atom. The molecule has 2 aromatic rings. The van der Waals surface area contributed by atoms with E-state index in [0.29, 0.717) is 10.8 Å². The van der Waals surface area contributed by atoms with Crippen LogP contribution in [0, 0.1) is 11.6 Å². The second-order valence-electron chi connectivity index (χ2n) is 5.71. The number of halogens is 3. The zero-order valence-corrected chi connectivity index (χ0v) is 15.6. The molecule has 0 spiro atoms. The molecule has 0 aliphatic heterocycles. The van der Waals surface area contributed by atoms with Crippen LogP contribution in [-0.2, 0) is 9.59 Å². The van der Waals surface area contributed by atoms with Crippen molar-refractivity contribution in [2.45, 2.75) is 20.0 Å². The molecule has 2 rings (SSSR count). The van der Waals surface area contributed by atoms with E-state index in [2.05, 4.69) is 5.32 Å². The molecular weight excluding hydrogens is 378 g/mol. The van der Waals surface area contributed by atoms with Crippen LogP contribution in [0.1, 0.15) is 13.8 Å². The number of carbonyl (C=O) groups is 2. The van der Waals surface area contributed by atoms with Crippen molar-refractivity contribution < 1.29 is 23.1 Å². The van der Waals surface area contributed by atoms with E-state index in [4.69, 9.17) is 16.3 Å². The Hall–Kier alpha value is -2.67. The van der Waals surface area contributed by atoms with E-state index in [-0.39, 0.29) is 13.1 Å². The molecule has 27 heavy (non-hydrogen) atoms. The van der Waals surface area contributed by atoms with Crippen molar-refractivity contribution in [3.05, 3.63) is 59.1 Å². The molecule has 2 aromatic carbocycles. The van der Waals surface area contributed by atoms with Crippen LogP contribution in [0.25, 0.3) is 0 Å². The molecule has 144 valence electrons. The van der Waals surface area contributed by atoms with E-state index in [9.17, 15) is 18.4 Å². The molecule has 0 heterocycles. The number of para-hydroxylation sites is 1. The third-order valence-corrected chi connectivity index (χ3v) is 3.95. The Labute approximate surface area is 160 Å². The van der Waals surface area contributed by atoms with Crippen LogP contribution < -0.4 is 10.1 Å². The van der Waals surface area contributed by atoms with Crippen LogP contribution in [0.15, 0.2) is 42.5 Å². The summed E-state index contributed by atoms with van der Waals surface area (Å²) < 4.78 is 32.8. The largest absolute Gasteiger partial charge is 0.481 e. The van der Waals surface area contributed by atoms with E-state index in [1.807, 2.05) is 0 Å². The van der Waals surface area contributed by atoms with E-state index in [1.165, 1.54) is 11.0 Å². The number of ether oxygens (including phenoxy) is 1. The molecule has 0 aliphatic carbocycles. The van der Waals surface area contributed by atoms with E-state index >= 15 is 0 Å². The molecule has 0 bridgehead atoms. The first kappa shape index (κ1) is 20.6. The lowest BCUT2D eigenvalue weighted by molar-refractivity contribution is -0.140. The summed E-state index contributed by atoms with van der Waals surface area (Å²) >= 11 is 5.88. The maximum atomic E-state index is 13.6. The normalized spacial score (nSPS) is 11.6. The maximum absolute atomic E-state index is 13.6. The lowest BCUT2D eigenvalue weighted by atomic mass is 10.2. The monoisotopic (exact) mass is 396 g/mol. The summed E-state index contributed by atoms with van der Waals surface area (Å²) in [6, 6.07) is 9.82. The molecule has 1 N–H and O–H groups in total. The van der Waals surface area contributed by atoms with Crippen molar-refractivity contribution in [3.8, 4) is 5.75 Å². The Bertz CT molecular complexity index is 812. The van der Waals surface area contributed by atoms with Gasteiger partial charge in [-0.3, -0.25) is 9.59 Å². The zero-order valence-electron chi connectivity index (χ0n) is 14.8. The molecule has 8 heteroatoms. The minimum absolute atomic E-state index is 0.218. The number of carbonyl (C=O) groups excluding carboxylic acids is 2. The minimum atomic E-state index is -0.893. The summed E-state index contributed by atoms with van der Waals surface area (Å²) in [7, 11) is 0. The fraction of sp³-hybridized carbons (Fsp3) is 0.263. The fourth-order valence-electron chi connectivity index (χ4n) is 2.37. The highest BCUT2D eigenvalue weighted by molar-refractivity contribution is 6.30. The van der Waals surface area contributed by atoms with Gasteiger partial charge in [-0.1, -0.05) is 23.7 Å². The minimum Gasteiger partial charge on any atom is -0.481 e. The van der Waals surface area contributed by atoms with Gasteiger partial charge in [0.1, 0.15) is 23.1 Å². The highest BCUT2D eigenvalue weighted by Crippen LogP contribution is 2.20. The number of hydrogen-bond donors (Lipinski definition) is 1. The molecule has 0 aliphatic rings. The van der Waals surface area contributed by atoms with Gasteiger partial charge in [0, 0.05) is 11.6 Å². The van der Waals surface area contributed by atoms with E-state index < -0.39 is 35.2 Å². The molecule has 5 nitrogen and oxygen atoms in total. The van der Waals surface area contributed by atoms with Crippen LogP contribution in [0.5, 0.6) is 5.75 Å². The Morgan fingerprint density at radius 2 is 1.81 bits per heavy atom. The van der Waals surface area contributed by atoms with Gasteiger partial charge in [0.2, 0.25) is 5.91 Å². The predicted molar refractivity (Wildman–Crippen MR) is 98.8 cm³/mol. The van der Waals surface area contributed by atoms with E-state index in [0.717, 1.165) is 12.1 Å². The average molecular weight is 397 g/mol. The summed E-state index contributed by atoms with van der Waals surface area (Å²) in [6.07, 6.45) is -0.874. The lowest BCUT2D eigenvalue weighted by Crippen LogP contribution is -2.44. The third-order valence-electron chi connectivity index (χ3n) is 3.71. The smallest absolute Gasteiger partial charge is 0.263 e. The molecule has 0 fully saturated rings. The molecule has 0 radical (unpaired) electrons. The summed E-state index contributed by atoms with van der Waals surface area (Å²) in [5.74, 6) is -2.53. The summed E-state index contributed by atoms with van der Waals surface area (Å²) in [6.45, 7) is 3.07. The standard InChI is InChI=1S/C19H19ClF2N2O3/c1-3-24(11-17(25)23-18-15(21)8-5-9-16(18)22)19(26)12(2)27-14-7-4-6-13(20)10-14/h4-10,12H,3,11H2,1-2H3,(H,23,25). The summed E-state index contributed by atoms with van der Waals surface area (Å²) in [4.78, 5) is 25.9. The van der Waals surface area contributed by atoms with E-state index in [1.54, 1.807) is 38.1 Å². The van der Waals surface area contributed by atoms with Gasteiger partial charge in [-0.15, -0.1) is 0 Å². The molecule has 1 unspecified atom stereocenters. The number of nitrogens with one attached hydrogen (secondary N) is 1. The van der Waals surface area contributed by atoms with Gasteiger partial charge >= 0.3 is 0 Å². The first-order valence-corrected chi connectivity index (χ1v) is 8.64. The van der Waals surface area contributed by atoms with Crippen molar-refractivity contribution in [1.82, 2.24) is 4.90 Å². The van der Waals surface area contributed by atoms with Crippen LogP contribution in [0.3, 0.4) is 0 Å².